The summed E-state index contributed by atoms with van der Waals surface area (Å²) in [6.07, 6.45) is 0. The first-order valence-electron chi connectivity index (χ1n) is 5.79. The van der Waals surface area contributed by atoms with Gasteiger partial charge in [-0.05, 0) is 42.5 Å². The van der Waals surface area contributed by atoms with Crippen molar-refractivity contribution in [1.29, 1.82) is 0 Å². The molecule has 0 spiro atoms. The van der Waals surface area contributed by atoms with Crippen molar-refractivity contribution < 1.29 is 4.79 Å². The van der Waals surface area contributed by atoms with Crippen LogP contribution in [0.1, 0.15) is 0 Å². The van der Waals surface area contributed by atoms with Crippen molar-refractivity contribution >= 4 is 56.4 Å². The summed E-state index contributed by atoms with van der Waals surface area (Å²) < 4.78 is 0.987. The molecule has 20 heavy (non-hydrogen) atoms. The van der Waals surface area contributed by atoms with E-state index in [0.29, 0.717) is 15.7 Å². The number of carbonyl (C=O) groups excluding carboxylic acids is 1. The molecule has 0 radical (unpaired) electrons. The number of anilines is 2. The Morgan fingerprint density at radius 2 is 1.80 bits per heavy atom. The number of amides is 1. The van der Waals surface area contributed by atoms with Crippen LogP contribution in [-0.2, 0) is 4.79 Å². The SMILES string of the molecule is O=C(CNc1ccc(Br)cc1)Nc1ccc(Cl)cc1Cl. The Balaban J connectivity index is 1.90. The highest BCUT2D eigenvalue weighted by molar-refractivity contribution is 9.10. The summed E-state index contributed by atoms with van der Waals surface area (Å²) in [6, 6.07) is 12.5. The van der Waals surface area contributed by atoms with E-state index in [4.69, 9.17) is 23.2 Å². The average Bonchev–Trinajstić information content (AvgIpc) is 2.41. The van der Waals surface area contributed by atoms with Crippen LogP contribution in [0.15, 0.2) is 46.9 Å². The van der Waals surface area contributed by atoms with E-state index in [-0.39, 0.29) is 12.5 Å². The van der Waals surface area contributed by atoms with Crippen molar-refractivity contribution in [3.8, 4) is 0 Å². The largest absolute Gasteiger partial charge is 0.376 e. The highest BCUT2D eigenvalue weighted by Gasteiger charge is 2.06. The number of hydrogen-bond donors (Lipinski definition) is 2. The average molecular weight is 374 g/mol. The van der Waals surface area contributed by atoms with Crippen molar-refractivity contribution in [1.82, 2.24) is 0 Å². The third-order valence-electron chi connectivity index (χ3n) is 2.50. The molecule has 2 aromatic carbocycles. The van der Waals surface area contributed by atoms with Crippen LogP contribution in [0, 0.1) is 0 Å². The molecule has 0 aliphatic carbocycles. The normalized spacial score (nSPS) is 10.2. The van der Waals surface area contributed by atoms with E-state index >= 15 is 0 Å². The lowest BCUT2D eigenvalue weighted by molar-refractivity contribution is -0.114. The second-order valence-electron chi connectivity index (χ2n) is 4.03. The maximum absolute atomic E-state index is 11.8. The summed E-state index contributed by atoms with van der Waals surface area (Å²) in [7, 11) is 0. The summed E-state index contributed by atoms with van der Waals surface area (Å²) in [5.74, 6) is -0.183. The number of carbonyl (C=O) groups is 1. The predicted molar refractivity (Wildman–Crippen MR) is 87.7 cm³/mol. The zero-order valence-corrected chi connectivity index (χ0v) is 13.4. The van der Waals surface area contributed by atoms with Gasteiger partial charge in [-0.15, -0.1) is 0 Å². The van der Waals surface area contributed by atoms with Crippen molar-refractivity contribution in [2.75, 3.05) is 17.2 Å². The summed E-state index contributed by atoms with van der Waals surface area (Å²) in [6.45, 7) is 0.153. The van der Waals surface area contributed by atoms with E-state index in [0.717, 1.165) is 10.2 Å². The van der Waals surface area contributed by atoms with Gasteiger partial charge < -0.3 is 10.6 Å². The minimum atomic E-state index is -0.183. The zero-order chi connectivity index (χ0) is 14.5. The Bertz CT molecular complexity index is 617. The second kappa shape index (κ2) is 6.97. The summed E-state index contributed by atoms with van der Waals surface area (Å²) in [4.78, 5) is 11.8. The van der Waals surface area contributed by atoms with Gasteiger partial charge in [0.1, 0.15) is 0 Å². The maximum atomic E-state index is 11.8. The van der Waals surface area contributed by atoms with E-state index in [2.05, 4.69) is 26.6 Å². The molecule has 3 nitrogen and oxygen atoms in total. The molecule has 0 aliphatic rings. The molecular weight excluding hydrogens is 363 g/mol. The van der Waals surface area contributed by atoms with Crippen LogP contribution in [0.5, 0.6) is 0 Å². The van der Waals surface area contributed by atoms with E-state index < -0.39 is 0 Å². The quantitative estimate of drug-likeness (QED) is 0.807. The van der Waals surface area contributed by atoms with E-state index in [9.17, 15) is 4.79 Å². The Morgan fingerprint density at radius 1 is 1.10 bits per heavy atom. The van der Waals surface area contributed by atoms with Crippen molar-refractivity contribution in [2.45, 2.75) is 0 Å². The van der Waals surface area contributed by atoms with Crippen LogP contribution >= 0.6 is 39.1 Å². The molecule has 0 saturated carbocycles. The first-order chi connectivity index (χ1) is 9.54. The molecule has 0 aliphatic heterocycles. The Morgan fingerprint density at radius 3 is 2.45 bits per heavy atom. The molecule has 0 atom stereocenters. The molecule has 2 aromatic rings. The van der Waals surface area contributed by atoms with Gasteiger partial charge in [0.2, 0.25) is 5.91 Å². The lowest BCUT2D eigenvalue weighted by Crippen LogP contribution is -2.21. The van der Waals surface area contributed by atoms with Crippen LogP contribution in [-0.4, -0.2) is 12.5 Å². The number of rotatable bonds is 4. The molecule has 0 fully saturated rings. The Hall–Kier alpha value is -1.23. The fraction of sp³-hybridized carbons (Fsp3) is 0.0714. The van der Waals surface area contributed by atoms with Gasteiger partial charge in [0.15, 0.2) is 0 Å². The predicted octanol–water partition coefficient (Wildman–Crippen LogP) is 4.81. The summed E-state index contributed by atoms with van der Waals surface area (Å²) in [5.41, 5.74) is 1.41. The van der Waals surface area contributed by atoms with Gasteiger partial charge in [0.05, 0.1) is 17.3 Å². The Labute approximate surface area is 135 Å². The molecule has 1 amide bonds. The number of halogens is 3. The molecule has 0 aromatic heterocycles. The molecule has 0 saturated heterocycles. The summed E-state index contributed by atoms with van der Waals surface area (Å²) >= 11 is 15.1. The molecule has 2 N–H and O–H groups in total. The third-order valence-corrected chi connectivity index (χ3v) is 3.58. The van der Waals surface area contributed by atoms with Gasteiger partial charge >= 0.3 is 0 Å². The molecular formula is C14H11BrCl2N2O. The van der Waals surface area contributed by atoms with Crippen LogP contribution in [0.3, 0.4) is 0 Å². The fourth-order valence-corrected chi connectivity index (χ4v) is 2.26. The van der Waals surface area contributed by atoms with Crippen LogP contribution in [0.2, 0.25) is 10.0 Å². The minimum absolute atomic E-state index is 0.153. The van der Waals surface area contributed by atoms with Crippen LogP contribution in [0.4, 0.5) is 11.4 Å². The molecule has 0 bridgehead atoms. The highest BCUT2D eigenvalue weighted by atomic mass is 79.9. The van der Waals surface area contributed by atoms with Gasteiger partial charge in [-0.1, -0.05) is 39.1 Å². The lowest BCUT2D eigenvalue weighted by atomic mass is 10.3. The highest BCUT2D eigenvalue weighted by Crippen LogP contribution is 2.25. The minimum Gasteiger partial charge on any atom is -0.376 e. The van der Waals surface area contributed by atoms with Gasteiger partial charge in [-0.2, -0.15) is 0 Å². The van der Waals surface area contributed by atoms with Crippen molar-refractivity contribution in [3.05, 3.63) is 57.0 Å². The van der Waals surface area contributed by atoms with E-state index in [1.165, 1.54) is 0 Å². The first kappa shape index (κ1) is 15.2. The van der Waals surface area contributed by atoms with Crippen molar-refractivity contribution in [3.63, 3.8) is 0 Å². The Kier molecular flexibility index (Phi) is 5.29. The standard InChI is InChI=1S/C14H11BrCl2N2O/c15-9-1-4-11(5-2-9)18-8-14(20)19-13-6-3-10(16)7-12(13)17/h1-7,18H,8H2,(H,19,20). The fourth-order valence-electron chi connectivity index (χ4n) is 1.54. The molecule has 2 rings (SSSR count). The van der Waals surface area contributed by atoms with E-state index in [1.54, 1.807) is 18.2 Å². The second-order valence-corrected chi connectivity index (χ2v) is 5.79. The maximum Gasteiger partial charge on any atom is 0.243 e. The lowest BCUT2D eigenvalue weighted by Gasteiger charge is -2.09. The van der Waals surface area contributed by atoms with Gasteiger partial charge in [-0.3, -0.25) is 4.79 Å². The van der Waals surface area contributed by atoms with Gasteiger partial charge in [0.25, 0.3) is 0 Å². The molecule has 0 heterocycles. The van der Waals surface area contributed by atoms with Gasteiger partial charge in [0, 0.05) is 15.2 Å². The van der Waals surface area contributed by atoms with Crippen LogP contribution in [0.25, 0.3) is 0 Å². The van der Waals surface area contributed by atoms with Gasteiger partial charge in [-0.25, -0.2) is 0 Å². The topological polar surface area (TPSA) is 41.1 Å². The smallest absolute Gasteiger partial charge is 0.243 e. The molecule has 6 heteroatoms. The molecule has 0 unspecified atom stereocenters. The third kappa shape index (κ3) is 4.40. The zero-order valence-electron chi connectivity index (χ0n) is 10.3. The number of benzene rings is 2. The first-order valence-corrected chi connectivity index (χ1v) is 7.34. The molecule has 104 valence electrons. The monoisotopic (exact) mass is 372 g/mol. The van der Waals surface area contributed by atoms with E-state index in [1.807, 2.05) is 24.3 Å². The van der Waals surface area contributed by atoms with Crippen LogP contribution < -0.4 is 10.6 Å². The number of hydrogen-bond acceptors (Lipinski definition) is 2. The van der Waals surface area contributed by atoms with Crippen molar-refractivity contribution in [2.24, 2.45) is 0 Å². The summed E-state index contributed by atoms with van der Waals surface area (Å²) in [5, 5.41) is 6.68. The number of nitrogens with one attached hydrogen (secondary N) is 2.